The van der Waals surface area contributed by atoms with Crippen LogP contribution in [0.25, 0.3) is 0 Å². The number of anilines is 2. The third-order valence-corrected chi connectivity index (χ3v) is 3.64. The molecule has 0 fully saturated rings. The lowest BCUT2D eigenvalue weighted by atomic mass is 10.1. The van der Waals surface area contributed by atoms with Gasteiger partial charge in [-0.3, -0.25) is 4.31 Å². The van der Waals surface area contributed by atoms with Gasteiger partial charge in [0.15, 0.2) is 0 Å². The van der Waals surface area contributed by atoms with Crippen molar-refractivity contribution in [2.24, 2.45) is 0 Å². The quantitative estimate of drug-likeness (QED) is 0.770. The van der Waals surface area contributed by atoms with E-state index in [4.69, 9.17) is 0 Å². The van der Waals surface area contributed by atoms with Crippen LogP contribution in [0.5, 0.6) is 0 Å². The van der Waals surface area contributed by atoms with Crippen LogP contribution in [0, 0.1) is 0 Å². The number of benzene rings is 2. The molecule has 0 atom stereocenters. The van der Waals surface area contributed by atoms with Crippen LogP contribution < -0.4 is 4.31 Å². The fourth-order valence-corrected chi connectivity index (χ4v) is 2.16. The van der Waals surface area contributed by atoms with Gasteiger partial charge >= 0.3 is 0 Å². The molecule has 0 aliphatic carbocycles. The Kier molecular flexibility index (Phi) is 4.32. The Morgan fingerprint density at radius 2 is 1.06 bits per heavy atom. The van der Waals surface area contributed by atoms with Gasteiger partial charge in [-0.1, -0.05) is 50.9 Å². The second kappa shape index (κ2) is 5.96. The summed E-state index contributed by atoms with van der Waals surface area (Å²) in [6.07, 6.45) is 2.14. The van der Waals surface area contributed by atoms with E-state index in [9.17, 15) is 0 Å². The van der Waals surface area contributed by atoms with E-state index in [1.165, 1.54) is 11.1 Å². The molecule has 94 valence electrons. The Balaban J connectivity index is 2.20. The highest BCUT2D eigenvalue weighted by molar-refractivity contribution is 7.82. The highest BCUT2D eigenvalue weighted by Gasteiger charge is 2.04. The van der Waals surface area contributed by atoms with Crippen LogP contribution in [-0.2, 0) is 12.8 Å². The molecule has 0 aromatic heterocycles. The van der Waals surface area contributed by atoms with Gasteiger partial charge in [-0.2, -0.15) is 0 Å². The maximum atomic E-state index is 4.57. The molecular formula is C16H19NS. The molecule has 0 bridgehead atoms. The predicted octanol–water partition coefficient (Wildman–Crippen LogP) is 4.79. The van der Waals surface area contributed by atoms with Crippen molar-refractivity contribution in [1.29, 1.82) is 0 Å². The number of rotatable bonds is 4. The first-order chi connectivity index (χ1) is 8.74. The van der Waals surface area contributed by atoms with Gasteiger partial charge in [0.2, 0.25) is 0 Å². The van der Waals surface area contributed by atoms with E-state index in [2.05, 4.69) is 75.2 Å². The van der Waals surface area contributed by atoms with Crippen molar-refractivity contribution >= 4 is 24.2 Å². The lowest BCUT2D eigenvalue weighted by molar-refractivity contribution is 1.14. The minimum absolute atomic E-state index is 1.07. The molecule has 0 N–H and O–H groups in total. The first kappa shape index (κ1) is 13.0. The van der Waals surface area contributed by atoms with Gasteiger partial charge in [0.05, 0.1) is 11.4 Å². The van der Waals surface area contributed by atoms with E-state index in [1.54, 1.807) is 0 Å². The van der Waals surface area contributed by atoms with Crippen LogP contribution in [0.3, 0.4) is 0 Å². The summed E-state index contributed by atoms with van der Waals surface area (Å²) in [7, 11) is 0. The fourth-order valence-electron chi connectivity index (χ4n) is 1.89. The van der Waals surface area contributed by atoms with E-state index >= 15 is 0 Å². The summed E-state index contributed by atoms with van der Waals surface area (Å²) in [5, 5.41) is 0. The minimum atomic E-state index is 1.07. The Bertz CT molecular complexity index is 440. The van der Waals surface area contributed by atoms with Gasteiger partial charge in [0.1, 0.15) is 0 Å². The maximum absolute atomic E-state index is 4.57. The summed E-state index contributed by atoms with van der Waals surface area (Å²) in [5.74, 6) is 0. The van der Waals surface area contributed by atoms with Gasteiger partial charge in [-0.25, -0.2) is 0 Å². The van der Waals surface area contributed by atoms with Gasteiger partial charge < -0.3 is 0 Å². The normalized spacial score (nSPS) is 10.4. The molecule has 0 aliphatic rings. The van der Waals surface area contributed by atoms with Gasteiger partial charge in [-0.05, 0) is 48.2 Å². The second-order valence-electron chi connectivity index (χ2n) is 4.35. The van der Waals surface area contributed by atoms with Crippen LogP contribution in [0.2, 0.25) is 0 Å². The molecule has 0 spiro atoms. The monoisotopic (exact) mass is 257 g/mol. The standard InChI is InChI=1S/C16H19NS/c1-3-13-5-9-15(10-6-13)17(18)16-11-7-14(4-2)8-12-16/h5-12,18H,3-4H2,1-2H3. The van der Waals surface area contributed by atoms with Crippen LogP contribution in [0.1, 0.15) is 25.0 Å². The first-order valence-corrected chi connectivity index (χ1v) is 6.81. The number of hydrogen-bond donors (Lipinski definition) is 1. The zero-order valence-corrected chi connectivity index (χ0v) is 11.8. The van der Waals surface area contributed by atoms with E-state index in [-0.39, 0.29) is 0 Å². The molecule has 0 unspecified atom stereocenters. The Morgan fingerprint density at radius 1 is 0.722 bits per heavy atom. The summed E-state index contributed by atoms with van der Waals surface area (Å²) in [5.41, 5.74) is 4.89. The molecule has 18 heavy (non-hydrogen) atoms. The van der Waals surface area contributed by atoms with Crippen LogP contribution in [-0.4, -0.2) is 0 Å². The molecular weight excluding hydrogens is 238 g/mol. The number of nitrogens with zero attached hydrogens (tertiary/aromatic N) is 1. The summed E-state index contributed by atoms with van der Waals surface area (Å²) in [6, 6.07) is 17.0. The molecule has 0 amide bonds. The van der Waals surface area contributed by atoms with E-state index in [1.807, 2.05) is 4.31 Å². The van der Waals surface area contributed by atoms with Crippen molar-refractivity contribution in [3.63, 3.8) is 0 Å². The highest BCUT2D eigenvalue weighted by atomic mass is 32.1. The third-order valence-electron chi connectivity index (χ3n) is 3.18. The Labute approximate surface area is 115 Å². The van der Waals surface area contributed by atoms with E-state index in [0.29, 0.717) is 0 Å². The van der Waals surface area contributed by atoms with Crippen molar-refractivity contribution in [3.05, 3.63) is 59.7 Å². The lowest BCUT2D eigenvalue weighted by Gasteiger charge is -2.18. The van der Waals surface area contributed by atoms with Crippen LogP contribution in [0.4, 0.5) is 11.4 Å². The van der Waals surface area contributed by atoms with Crippen molar-refractivity contribution in [2.75, 3.05) is 4.31 Å². The topological polar surface area (TPSA) is 3.24 Å². The van der Waals surface area contributed by atoms with Crippen LogP contribution >= 0.6 is 12.8 Å². The highest BCUT2D eigenvalue weighted by Crippen LogP contribution is 2.27. The van der Waals surface area contributed by atoms with Crippen molar-refractivity contribution in [3.8, 4) is 0 Å². The maximum Gasteiger partial charge on any atom is 0.0523 e. The molecule has 0 saturated carbocycles. The average Bonchev–Trinajstić information content (AvgIpc) is 2.47. The van der Waals surface area contributed by atoms with Crippen molar-refractivity contribution < 1.29 is 0 Å². The third kappa shape index (κ3) is 2.88. The lowest BCUT2D eigenvalue weighted by Crippen LogP contribution is -2.02. The molecule has 2 aromatic rings. The summed E-state index contributed by atoms with van der Waals surface area (Å²) in [6.45, 7) is 4.33. The van der Waals surface area contributed by atoms with Crippen molar-refractivity contribution in [2.45, 2.75) is 26.7 Å². The van der Waals surface area contributed by atoms with Crippen molar-refractivity contribution in [1.82, 2.24) is 0 Å². The zero-order chi connectivity index (χ0) is 13.0. The largest absolute Gasteiger partial charge is 0.287 e. The number of thiol groups is 1. The van der Waals surface area contributed by atoms with Gasteiger partial charge in [0, 0.05) is 0 Å². The Morgan fingerprint density at radius 3 is 1.33 bits per heavy atom. The van der Waals surface area contributed by atoms with Crippen LogP contribution in [0.15, 0.2) is 48.5 Å². The molecule has 2 aromatic carbocycles. The minimum Gasteiger partial charge on any atom is -0.287 e. The summed E-state index contributed by atoms with van der Waals surface area (Å²) in [4.78, 5) is 0. The molecule has 0 saturated heterocycles. The molecule has 0 radical (unpaired) electrons. The molecule has 2 heteroatoms. The van der Waals surface area contributed by atoms with Gasteiger partial charge in [0.25, 0.3) is 0 Å². The summed E-state index contributed by atoms with van der Waals surface area (Å²) < 4.78 is 1.92. The molecule has 0 aliphatic heterocycles. The average molecular weight is 257 g/mol. The second-order valence-corrected chi connectivity index (χ2v) is 4.75. The number of hydrogen-bond acceptors (Lipinski definition) is 2. The molecule has 0 heterocycles. The molecule has 1 nitrogen and oxygen atoms in total. The number of aryl methyl sites for hydroxylation is 2. The first-order valence-electron chi connectivity index (χ1n) is 6.41. The Hall–Kier alpha value is -1.41. The predicted molar refractivity (Wildman–Crippen MR) is 82.8 cm³/mol. The molecule has 2 rings (SSSR count). The summed E-state index contributed by atoms with van der Waals surface area (Å²) >= 11 is 4.57. The van der Waals surface area contributed by atoms with E-state index < -0.39 is 0 Å². The SMILES string of the molecule is CCc1ccc(N(S)c2ccc(CC)cc2)cc1. The fraction of sp³-hybridized carbons (Fsp3) is 0.250. The smallest absolute Gasteiger partial charge is 0.0523 e. The zero-order valence-electron chi connectivity index (χ0n) is 10.9. The van der Waals surface area contributed by atoms with Gasteiger partial charge in [-0.15, -0.1) is 0 Å². The van der Waals surface area contributed by atoms with E-state index in [0.717, 1.165) is 24.2 Å².